The topological polar surface area (TPSA) is 37.8 Å². The zero-order valence-electron chi connectivity index (χ0n) is 10.1. The van der Waals surface area contributed by atoms with Crippen LogP contribution in [0.25, 0.3) is 0 Å². The minimum atomic E-state index is 0.542. The van der Waals surface area contributed by atoms with Gasteiger partial charge in [-0.2, -0.15) is 0 Å². The first-order valence-electron chi connectivity index (χ1n) is 5.47. The number of nitrogens with zero attached hydrogens (tertiary/aromatic N) is 2. The van der Waals surface area contributed by atoms with Crippen molar-refractivity contribution in [3.63, 3.8) is 0 Å². The number of hydrogen-bond donors (Lipinski definition) is 1. The molecule has 16 heavy (non-hydrogen) atoms. The van der Waals surface area contributed by atoms with E-state index in [-0.39, 0.29) is 0 Å². The number of thioether (sulfide) groups is 1. The monoisotopic (exact) mass is 303 g/mol. The largest absolute Gasteiger partial charge is 0.369 e. The van der Waals surface area contributed by atoms with E-state index >= 15 is 0 Å². The van der Waals surface area contributed by atoms with Crippen LogP contribution in [-0.2, 0) is 0 Å². The van der Waals surface area contributed by atoms with Gasteiger partial charge in [0.05, 0.1) is 4.47 Å². The fraction of sp³-hybridized carbons (Fsp3) is 0.636. The van der Waals surface area contributed by atoms with Gasteiger partial charge in [-0.1, -0.05) is 20.8 Å². The highest BCUT2D eigenvalue weighted by Crippen LogP contribution is 2.34. The van der Waals surface area contributed by atoms with Gasteiger partial charge < -0.3 is 5.32 Å². The van der Waals surface area contributed by atoms with Crippen molar-refractivity contribution < 1.29 is 0 Å². The molecule has 0 aliphatic heterocycles. The Hall–Kier alpha value is -0.290. The molecule has 0 bridgehead atoms. The molecule has 0 aliphatic rings. The van der Waals surface area contributed by atoms with Crippen molar-refractivity contribution >= 4 is 33.5 Å². The molecular weight excluding hydrogens is 286 g/mol. The standard InChI is InChI=1S/C11H18BrN3S/c1-5-13-10-9(12)11(15-6-14-10)16-8(4)7(2)3/h6-8H,5H2,1-4H3,(H,13,14,15). The summed E-state index contributed by atoms with van der Waals surface area (Å²) < 4.78 is 0.967. The zero-order valence-corrected chi connectivity index (χ0v) is 12.5. The maximum absolute atomic E-state index is 4.31. The van der Waals surface area contributed by atoms with Crippen LogP contribution in [-0.4, -0.2) is 21.8 Å². The highest BCUT2D eigenvalue weighted by molar-refractivity contribution is 9.10. The Kier molecular flexibility index (Phi) is 5.55. The molecule has 1 atom stereocenters. The molecule has 1 aromatic rings. The molecule has 1 aromatic heterocycles. The first kappa shape index (κ1) is 13.8. The molecule has 0 saturated heterocycles. The third kappa shape index (κ3) is 3.63. The average Bonchev–Trinajstić information content (AvgIpc) is 2.24. The number of halogens is 1. The van der Waals surface area contributed by atoms with E-state index in [0.717, 1.165) is 21.9 Å². The highest BCUT2D eigenvalue weighted by atomic mass is 79.9. The van der Waals surface area contributed by atoms with Crippen LogP contribution >= 0.6 is 27.7 Å². The van der Waals surface area contributed by atoms with Crippen LogP contribution in [0.4, 0.5) is 5.82 Å². The molecule has 5 heteroatoms. The van der Waals surface area contributed by atoms with Crippen LogP contribution in [0.1, 0.15) is 27.7 Å². The fourth-order valence-corrected chi connectivity index (χ4v) is 2.60. The molecule has 0 amide bonds. The number of rotatable bonds is 5. The Morgan fingerprint density at radius 1 is 1.38 bits per heavy atom. The van der Waals surface area contributed by atoms with Crippen molar-refractivity contribution in [1.29, 1.82) is 0 Å². The van der Waals surface area contributed by atoms with Gasteiger partial charge in [0.2, 0.25) is 0 Å². The Morgan fingerprint density at radius 3 is 2.62 bits per heavy atom. The van der Waals surface area contributed by atoms with Gasteiger partial charge >= 0.3 is 0 Å². The summed E-state index contributed by atoms with van der Waals surface area (Å²) in [5.41, 5.74) is 0. The molecule has 90 valence electrons. The van der Waals surface area contributed by atoms with Crippen LogP contribution in [0.3, 0.4) is 0 Å². The second-order valence-electron chi connectivity index (χ2n) is 3.94. The Labute approximate surface area is 110 Å². The maximum Gasteiger partial charge on any atom is 0.144 e. The lowest BCUT2D eigenvalue weighted by atomic mass is 10.2. The van der Waals surface area contributed by atoms with E-state index in [1.165, 1.54) is 0 Å². The van der Waals surface area contributed by atoms with Gasteiger partial charge in [0.25, 0.3) is 0 Å². The SMILES string of the molecule is CCNc1ncnc(SC(C)C(C)C)c1Br. The quantitative estimate of drug-likeness (QED) is 0.663. The summed E-state index contributed by atoms with van der Waals surface area (Å²) in [6, 6.07) is 0. The van der Waals surface area contributed by atoms with Crippen LogP contribution in [0.2, 0.25) is 0 Å². The van der Waals surface area contributed by atoms with Crippen molar-refractivity contribution in [2.24, 2.45) is 5.92 Å². The molecule has 0 radical (unpaired) electrons. The van der Waals surface area contributed by atoms with Gasteiger partial charge in [0, 0.05) is 11.8 Å². The second-order valence-corrected chi connectivity index (χ2v) is 6.10. The van der Waals surface area contributed by atoms with E-state index in [0.29, 0.717) is 11.2 Å². The van der Waals surface area contributed by atoms with Crippen molar-refractivity contribution in [2.75, 3.05) is 11.9 Å². The summed E-state index contributed by atoms with van der Waals surface area (Å²) in [7, 11) is 0. The molecule has 3 nitrogen and oxygen atoms in total. The Balaban J connectivity index is 2.84. The van der Waals surface area contributed by atoms with Crippen LogP contribution in [0.15, 0.2) is 15.8 Å². The smallest absolute Gasteiger partial charge is 0.144 e. The van der Waals surface area contributed by atoms with Gasteiger partial charge in [-0.05, 0) is 28.8 Å². The lowest BCUT2D eigenvalue weighted by molar-refractivity contribution is 0.641. The lowest BCUT2D eigenvalue weighted by Gasteiger charge is -2.15. The van der Waals surface area contributed by atoms with E-state index in [9.17, 15) is 0 Å². The number of aromatic nitrogens is 2. The Bertz CT molecular complexity index is 344. The minimum Gasteiger partial charge on any atom is -0.369 e. The van der Waals surface area contributed by atoms with E-state index < -0.39 is 0 Å². The van der Waals surface area contributed by atoms with E-state index in [1.54, 1.807) is 18.1 Å². The molecule has 0 saturated carbocycles. The molecule has 1 N–H and O–H groups in total. The summed E-state index contributed by atoms with van der Waals surface area (Å²) in [6.45, 7) is 9.57. The molecule has 0 fully saturated rings. The van der Waals surface area contributed by atoms with Crippen molar-refractivity contribution in [2.45, 2.75) is 38.0 Å². The summed E-state index contributed by atoms with van der Waals surface area (Å²) >= 11 is 5.33. The third-order valence-corrected chi connectivity index (χ3v) is 4.80. The molecular formula is C11H18BrN3S. The minimum absolute atomic E-state index is 0.542. The second kappa shape index (κ2) is 6.45. The summed E-state index contributed by atoms with van der Waals surface area (Å²) in [6.07, 6.45) is 1.61. The first-order chi connectivity index (χ1) is 7.56. The highest BCUT2D eigenvalue weighted by Gasteiger charge is 2.14. The predicted molar refractivity (Wildman–Crippen MR) is 74.1 cm³/mol. The summed E-state index contributed by atoms with van der Waals surface area (Å²) in [5.74, 6) is 1.51. The van der Waals surface area contributed by atoms with Crippen molar-refractivity contribution in [3.05, 3.63) is 10.8 Å². The van der Waals surface area contributed by atoms with E-state index in [1.807, 2.05) is 0 Å². The summed E-state index contributed by atoms with van der Waals surface area (Å²) in [5, 5.41) is 4.76. The third-order valence-electron chi connectivity index (χ3n) is 2.34. The first-order valence-corrected chi connectivity index (χ1v) is 7.14. The van der Waals surface area contributed by atoms with Crippen molar-refractivity contribution in [3.8, 4) is 0 Å². The number of hydrogen-bond acceptors (Lipinski definition) is 4. The Morgan fingerprint density at radius 2 is 2.06 bits per heavy atom. The molecule has 0 aliphatic carbocycles. The molecule has 1 unspecified atom stereocenters. The average molecular weight is 304 g/mol. The number of nitrogens with one attached hydrogen (secondary N) is 1. The van der Waals surface area contributed by atoms with Gasteiger partial charge in [-0.3, -0.25) is 0 Å². The van der Waals surface area contributed by atoms with Gasteiger partial charge in [0.1, 0.15) is 17.2 Å². The lowest BCUT2D eigenvalue weighted by Crippen LogP contribution is -2.07. The normalized spacial score (nSPS) is 12.9. The maximum atomic E-state index is 4.31. The van der Waals surface area contributed by atoms with Gasteiger partial charge in [0.15, 0.2) is 0 Å². The van der Waals surface area contributed by atoms with Crippen LogP contribution in [0.5, 0.6) is 0 Å². The zero-order chi connectivity index (χ0) is 12.1. The predicted octanol–water partition coefficient (Wildman–Crippen LogP) is 3.81. The molecule has 0 spiro atoms. The summed E-state index contributed by atoms with van der Waals surface area (Å²) in [4.78, 5) is 8.51. The van der Waals surface area contributed by atoms with Gasteiger partial charge in [-0.15, -0.1) is 11.8 Å². The van der Waals surface area contributed by atoms with Crippen LogP contribution < -0.4 is 5.32 Å². The van der Waals surface area contributed by atoms with E-state index in [2.05, 4.69) is 58.9 Å². The molecule has 1 rings (SSSR count). The fourth-order valence-electron chi connectivity index (χ4n) is 1.04. The number of anilines is 1. The van der Waals surface area contributed by atoms with Gasteiger partial charge in [-0.25, -0.2) is 9.97 Å². The molecule has 1 heterocycles. The van der Waals surface area contributed by atoms with Crippen molar-refractivity contribution in [1.82, 2.24) is 9.97 Å². The van der Waals surface area contributed by atoms with E-state index in [4.69, 9.17) is 0 Å². The van der Waals surface area contributed by atoms with Crippen LogP contribution in [0, 0.1) is 5.92 Å². The molecule has 0 aromatic carbocycles.